The second-order valence-electron chi connectivity index (χ2n) is 8.03. The van der Waals surface area contributed by atoms with Gasteiger partial charge in [-0.3, -0.25) is 4.90 Å². The number of ether oxygens (including phenoxy) is 2. The number of fused-ring (bicyclic) bond motifs is 1. The molecule has 0 saturated carbocycles. The molecule has 0 bridgehead atoms. The van der Waals surface area contributed by atoms with Crippen molar-refractivity contribution < 1.29 is 18.3 Å². The predicted molar refractivity (Wildman–Crippen MR) is 125 cm³/mol. The number of nitrogens with one attached hydrogen (secondary N) is 1. The Morgan fingerprint density at radius 1 is 1.12 bits per heavy atom. The van der Waals surface area contributed by atoms with Gasteiger partial charge in [0.15, 0.2) is 11.5 Å². The number of hydrogen-bond donors (Lipinski definition) is 1. The fourth-order valence-electron chi connectivity index (χ4n) is 3.70. The lowest BCUT2D eigenvalue weighted by Crippen LogP contribution is -2.31. The third-order valence-corrected chi connectivity index (χ3v) is 5.19. The molecular weight excluding hydrogens is 450 g/mol. The van der Waals surface area contributed by atoms with E-state index >= 15 is 0 Å². The van der Waals surface area contributed by atoms with Crippen LogP contribution in [0, 0.1) is 11.6 Å². The number of nitrogens with zero attached hydrogens (tertiary/aromatic N) is 3. The van der Waals surface area contributed by atoms with Crippen LogP contribution in [0.4, 0.5) is 20.4 Å². The predicted octanol–water partition coefficient (Wildman–Crippen LogP) is 5.27. The third-order valence-electron chi connectivity index (χ3n) is 5.19. The van der Waals surface area contributed by atoms with E-state index in [-0.39, 0.29) is 24.2 Å². The zero-order valence-corrected chi connectivity index (χ0v) is 19.6. The fourth-order valence-corrected chi connectivity index (χ4v) is 3.70. The minimum absolute atomic E-state index is 0. The molecule has 3 aromatic rings. The molecule has 0 spiro atoms. The lowest BCUT2D eigenvalue weighted by Gasteiger charge is -2.28. The number of methoxy groups -OCH3 is 1. The Bertz CT molecular complexity index is 1110. The highest BCUT2D eigenvalue weighted by Gasteiger charge is 2.20. The fraction of sp³-hybridized carbons (Fsp3) is 0.333. The highest BCUT2D eigenvalue weighted by Crippen LogP contribution is 2.30. The maximum Gasteiger partial charge on any atom is 0.227 e. The topological polar surface area (TPSA) is 59.5 Å². The van der Waals surface area contributed by atoms with E-state index in [1.807, 2.05) is 26.0 Å². The van der Waals surface area contributed by atoms with Gasteiger partial charge in [0.1, 0.15) is 11.6 Å². The highest BCUT2D eigenvalue weighted by atomic mass is 35.5. The molecular formula is C24H27ClF2N4O2. The van der Waals surface area contributed by atoms with Crippen LogP contribution in [0.25, 0.3) is 0 Å². The number of hydrogen-bond acceptors (Lipinski definition) is 6. The van der Waals surface area contributed by atoms with E-state index < -0.39 is 11.6 Å². The summed E-state index contributed by atoms with van der Waals surface area (Å²) < 4.78 is 38.3. The molecule has 6 nitrogen and oxygen atoms in total. The van der Waals surface area contributed by atoms with Crippen LogP contribution >= 0.6 is 12.4 Å². The van der Waals surface area contributed by atoms with Crippen LogP contribution in [0.3, 0.4) is 0 Å². The number of rotatable bonds is 7. The van der Waals surface area contributed by atoms with Crippen molar-refractivity contribution in [3.8, 4) is 11.5 Å². The molecule has 1 aliphatic rings. The van der Waals surface area contributed by atoms with Crippen LogP contribution in [-0.4, -0.2) is 34.6 Å². The summed E-state index contributed by atoms with van der Waals surface area (Å²) in [5.74, 6) is 0.451. The average molecular weight is 477 g/mol. The molecule has 1 N–H and O–H groups in total. The summed E-state index contributed by atoms with van der Waals surface area (Å²) in [5, 5.41) is 2.83. The van der Waals surface area contributed by atoms with Crippen molar-refractivity contribution >= 4 is 24.0 Å². The van der Waals surface area contributed by atoms with Gasteiger partial charge in [-0.25, -0.2) is 18.7 Å². The zero-order valence-electron chi connectivity index (χ0n) is 18.8. The van der Waals surface area contributed by atoms with Gasteiger partial charge in [0.25, 0.3) is 0 Å². The van der Waals surface area contributed by atoms with Crippen molar-refractivity contribution in [3.05, 3.63) is 71.1 Å². The van der Waals surface area contributed by atoms with Crippen LogP contribution < -0.4 is 14.8 Å². The number of halogens is 3. The quantitative estimate of drug-likeness (QED) is 0.501. The Morgan fingerprint density at radius 2 is 1.94 bits per heavy atom. The summed E-state index contributed by atoms with van der Waals surface area (Å²) in [6.45, 7) is 6.28. The minimum atomic E-state index is -0.683. The standard InChI is InChI=1S/C24H26F2N4O2.ClH/c1-15(2)32-22-7-4-16(10-23(22)31-3)13-30-9-8-20-17(14-30)12-27-24(28-20)29-21-6-5-18(25)11-19(21)26;/h4-7,10-12,15H,8-9,13-14H2,1-3H3,(H,27,28,29);1H. The van der Waals surface area contributed by atoms with Gasteiger partial charge in [0.05, 0.1) is 24.6 Å². The van der Waals surface area contributed by atoms with E-state index in [2.05, 4.69) is 26.3 Å². The van der Waals surface area contributed by atoms with Gasteiger partial charge in [0.2, 0.25) is 5.95 Å². The normalized spacial score (nSPS) is 13.3. The van der Waals surface area contributed by atoms with Gasteiger partial charge in [-0.2, -0.15) is 0 Å². The van der Waals surface area contributed by atoms with Gasteiger partial charge >= 0.3 is 0 Å². The van der Waals surface area contributed by atoms with Gasteiger partial charge in [0, 0.05) is 43.9 Å². The SMILES string of the molecule is COc1cc(CN2CCc3nc(Nc4ccc(F)cc4F)ncc3C2)ccc1OC(C)C.Cl. The van der Waals surface area contributed by atoms with Gasteiger partial charge < -0.3 is 14.8 Å². The molecule has 2 heterocycles. The molecule has 0 aliphatic carbocycles. The summed E-state index contributed by atoms with van der Waals surface area (Å²) in [6.07, 6.45) is 2.59. The Morgan fingerprint density at radius 3 is 2.67 bits per heavy atom. The molecule has 0 unspecified atom stereocenters. The molecule has 0 fully saturated rings. The molecule has 9 heteroatoms. The van der Waals surface area contributed by atoms with E-state index in [4.69, 9.17) is 9.47 Å². The Labute approximate surface area is 198 Å². The van der Waals surface area contributed by atoms with Crippen molar-refractivity contribution in [1.29, 1.82) is 0 Å². The van der Waals surface area contributed by atoms with Crippen LogP contribution in [0.5, 0.6) is 11.5 Å². The first-order valence-corrected chi connectivity index (χ1v) is 10.5. The van der Waals surface area contributed by atoms with Crippen LogP contribution in [0.15, 0.2) is 42.6 Å². The molecule has 1 aromatic heterocycles. The first-order valence-electron chi connectivity index (χ1n) is 10.5. The molecule has 1 aliphatic heterocycles. The van der Waals surface area contributed by atoms with Crippen LogP contribution in [-0.2, 0) is 19.5 Å². The minimum Gasteiger partial charge on any atom is -0.493 e. The first-order chi connectivity index (χ1) is 15.4. The summed E-state index contributed by atoms with van der Waals surface area (Å²) >= 11 is 0. The Hall–Kier alpha value is -2.97. The maximum atomic E-state index is 13.9. The van der Waals surface area contributed by atoms with E-state index in [0.29, 0.717) is 12.5 Å². The number of anilines is 2. The van der Waals surface area contributed by atoms with Crippen molar-refractivity contribution in [2.75, 3.05) is 19.0 Å². The molecule has 176 valence electrons. The zero-order chi connectivity index (χ0) is 22.7. The number of aromatic nitrogens is 2. The van der Waals surface area contributed by atoms with Crippen molar-refractivity contribution in [2.45, 2.75) is 39.5 Å². The highest BCUT2D eigenvalue weighted by molar-refractivity contribution is 5.85. The molecule has 0 saturated heterocycles. The lowest BCUT2D eigenvalue weighted by atomic mass is 10.1. The molecule has 33 heavy (non-hydrogen) atoms. The Kier molecular flexibility index (Phi) is 8.05. The first kappa shape index (κ1) is 24.7. The monoisotopic (exact) mass is 476 g/mol. The second kappa shape index (κ2) is 10.8. The van der Waals surface area contributed by atoms with Crippen LogP contribution in [0.1, 0.15) is 30.7 Å². The van der Waals surface area contributed by atoms with Crippen molar-refractivity contribution in [3.63, 3.8) is 0 Å². The van der Waals surface area contributed by atoms with E-state index in [1.165, 1.54) is 12.1 Å². The molecule has 0 amide bonds. The molecule has 0 atom stereocenters. The summed E-state index contributed by atoms with van der Waals surface area (Å²) in [7, 11) is 1.64. The summed E-state index contributed by atoms with van der Waals surface area (Å²) in [6, 6.07) is 9.36. The van der Waals surface area contributed by atoms with E-state index in [9.17, 15) is 8.78 Å². The summed E-state index contributed by atoms with van der Waals surface area (Å²) in [5.41, 5.74) is 3.24. The maximum absolute atomic E-state index is 13.9. The van der Waals surface area contributed by atoms with E-state index in [0.717, 1.165) is 53.9 Å². The van der Waals surface area contributed by atoms with Crippen molar-refractivity contribution in [2.24, 2.45) is 0 Å². The number of benzene rings is 2. The third kappa shape index (κ3) is 6.09. The van der Waals surface area contributed by atoms with Crippen LogP contribution in [0.2, 0.25) is 0 Å². The molecule has 2 aromatic carbocycles. The van der Waals surface area contributed by atoms with Gasteiger partial charge in [-0.05, 0) is 43.7 Å². The van der Waals surface area contributed by atoms with E-state index in [1.54, 1.807) is 13.3 Å². The average Bonchev–Trinajstić information content (AvgIpc) is 2.76. The second-order valence-corrected chi connectivity index (χ2v) is 8.03. The van der Waals surface area contributed by atoms with Crippen molar-refractivity contribution in [1.82, 2.24) is 14.9 Å². The molecule has 0 radical (unpaired) electrons. The van der Waals surface area contributed by atoms with Gasteiger partial charge in [-0.1, -0.05) is 6.07 Å². The molecule has 4 rings (SSSR count). The summed E-state index contributed by atoms with van der Waals surface area (Å²) in [4.78, 5) is 11.2. The largest absolute Gasteiger partial charge is 0.493 e. The lowest BCUT2D eigenvalue weighted by molar-refractivity contribution is 0.228. The Balaban J connectivity index is 0.00000306. The smallest absolute Gasteiger partial charge is 0.227 e. The van der Waals surface area contributed by atoms with Gasteiger partial charge in [-0.15, -0.1) is 12.4 Å².